The smallest absolute Gasteiger partial charge is 0.322 e. The molecule has 0 aliphatic carbocycles. The molecule has 3 aromatic rings. The molecule has 0 spiro atoms. The van der Waals surface area contributed by atoms with Gasteiger partial charge in [0.05, 0.1) is 33.6 Å². The molecule has 204 valence electrons. The third-order valence-electron chi connectivity index (χ3n) is 6.07. The Bertz CT molecular complexity index is 1210. The summed E-state index contributed by atoms with van der Waals surface area (Å²) in [5.74, 6) is 1.77. The molecule has 0 saturated heterocycles. The Labute approximate surface area is 229 Å². The molecule has 2 aromatic carbocycles. The molecule has 0 aliphatic rings. The van der Waals surface area contributed by atoms with Gasteiger partial charge in [0, 0.05) is 22.8 Å². The summed E-state index contributed by atoms with van der Waals surface area (Å²) in [6.45, 7) is 5.45. The fourth-order valence-electron chi connectivity index (χ4n) is 4.08. The van der Waals surface area contributed by atoms with Crippen molar-refractivity contribution in [2.45, 2.75) is 33.2 Å². The van der Waals surface area contributed by atoms with Crippen molar-refractivity contribution in [1.29, 1.82) is 0 Å². The first kappa shape index (κ1) is 28.8. The highest BCUT2D eigenvalue weighted by atomic mass is 32.1. The van der Waals surface area contributed by atoms with Crippen LogP contribution in [-0.2, 0) is 17.8 Å². The van der Waals surface area contributed by atoms with E-state index in [9.17, 15) is 9.59 Å². The summed E-state index contributed by atoms with van der Waals surface area (Å²) in [5.41, 5.74) is 1.59. The summed E-state index contributed by atoms with van der Waals surface area (Å²) >= 11 is 1.67. The standard InChI is InChI=1S/C29H37N3O5S/c1-6-16-32(29(34)30-24-9-7-8-10-25(24)35-3)20-28(33)31(19-23-13-11-21(2)38-23)17-15-22-12-14-26(36-4)27(18-22)37-5/h7-14,18H,6,15-17,19-20H2,1-5H3,(H,30,34). The molecule has 1 aromatic heterocycles. The number of anilines is 1. The van der Waals surface area contributed by atoms with Gasteiger partial charge in [-0.2, -0.15) is 0 Å². The third kappa shape index (κ3) is 7.89. The highest BCUT2D eigenvalue weighted by molar-refractivity contribution is 7.11. The lowest BCUT2D eigenvalue weighted by atomic mass is 10.1. The highest BCUT2D eigenvalue weighted by Gasteiger charge is 2.22. The number of methoxy groups -OCH3 is 3. The summed E-state index contributed by atoms with van der Waals surface area (Å²) in [4.78, 5) is 32.4. The quantitative estimate of drug-likeness (QED) is 0.306. The Morgan fingerprint density at radius 1 is 0.868 bits per heavy atom. The average Bonchev–Trinajstić information content (AvgIpc) is 3.35. The maximum Gasteiger partial charge on any atom is 0.322 e. The highest BCUT2D eigenvalue weighted by Crippen LogP contribution is 2.28. The van der Waals surface area contributed by atoms with Crippen LogP contribution in [0.2, 0.25) is 0 Å². The molecule has 0 aliphatic heterocycles. The number of amides is 3. The fourth-order valence-corrected chi connectivity index (χ4v) is 4.98. The number of carbonyl (C=O) groups is 2. The first-order chi connectivity index (χ1) is 18.4. The molecule has 0 fully saturated rings. The zero-order valence-electron chi connectivity index (χ0n) is 22.8. The molecule has 0 unspecified atom stereocenters. The van der Waals surface area contributed by atoms with Gasteiger partial charge in [0.1, 0.15) is 12.3 Å². The van der Waals surface area contributed by atoms with Gasteiger partial charge in [-0.3, -0.25) is 4.79 Å². The zero-order chi connectivity index (χ0) is 27.5. The van der Waals surface area contributed by atoms with Crippen LogP contribution in [0.4, 0.5) is 10.5 Å². The van der Waals surface area contributed by atoms with E-state index in [0.717, 1.165) is 16.9 Å². The second-order valence-electron chi connectivity index (χ2n) is 8.82. The number of urea groups is 1. The lowest BCUT2D eigenvalue weighted by Gasteiger charge is -2.28. The summed E-state index contributed by atoms with van der Waals surface area (Å²) in [7, 11) is 4.77. The van der Waals surface area contributed by atoms with Crippen molar-refractivity contribution in [1.82, 2.24) is 9.80 Å². The van der Waals surface area contributed by atoms with Gasteiger partial charge in [-0.15, -0.1) is 11.3 Å². The normalized spacial score (nSPS) is 10.6. The zero-order valence-corrected chi connectivity index (χ0v) is 23.6. The Kier molecular flexibility index (Phi) is 10.8. The molecular formula is C29H37N3O5S. The fraction of sp³-hybridized carbons (Fsp3) is 0.379. The molecule has 8 nitrogen and oxygen atoms in total. The molecule has 3 amide bonds. The molecule has 0 saturated carbocycles. The van der Waals surface area contributed by atoms with Gasteiger partial charge in [-0.25, -0.2) is 4.79 Å². The largest absolute Gasteiger partial charge is 0.495 e. The van der Waals surface area contributed by atoms with E-state index in [2.05, 4.69) is 24.4 Å². The van der Waals surface area contributed by atoms with Gasteiger partial charge in [-0.05, 0) is 61.7 Å². The van der Waals surface area contributed by atoms with E-state index in [1.165, 1.54) is 4.88 Å². The van der Waals surface area contributed by atoms with Gasteiger partial charge >= 0.3 is 6.03 Å². The van der Waals surface area contributed by atoms with E-state index >= 15 is 0 Å². The van der Waals surface area contributed by atoms with Crippen LogP contribution in [-0.4, -0.2) is 62.7 Å². The maximum atomic E-state index is 13.6. The van der Waals surface area contributed by atoms with Crippen molar-refractivity contribution in [3.8, 4) is 17.2 Å². The number of thiophene rings is 1. The number of para-hydroxylation sites is 2. The lowest BCUT2D eigenvalue weighted by molar-refractivity contribution is -0.132. The van der Waals surface area contributed by atoms with E-state index in [0.29, 0.717) is 49.0 Å². The summed E-state index contributed by atoms with van der Waals surface area (Å²) in [5, 5.41) is 2.89. The van der Waals surface area contributed by atoms with Crippen molar-refractivity contribution in [2.24, 2.45) is 0 Å². The van der Waals surface area contributed by atoms with E-state index in [4.69, 9.17) is 14.2 Å². The van der Waals surface area contributed by atoms with Crippen molar-refractivity contribution >= 4 is 29.0 Å². The van der Waals surface area contributed by atoms with Crippen LogP contribution in [0.5, 0.6) is 17.2 Å². The van der Waals surface area contributed by atoms with Gasteiger partial charge in [-0.1, -0.05) is 25.1 Å². The summed E-state index contributed by atoms with van der Waals surface area (Å²) < 4.78 is 16.1. The van der Waals surface area contributed by atoms with Crippen LogP contribution in [0.3, 0.4) is 0 Å². The van der Waals surface area contributed by atoms with Crippen LogP contribution in [0.1, 0.15) is 28.7 Å². The van der Waals surface area contributed by atoms with Crippen LogP contribution >= 0.6 is 11.3 Å². The minimum atomic E-state index is -0.337. The topological polar surface area (TPSA) is 80.3 Å². The molecule has 9 heteroatoms. The maximum absolute atomic E-state index is 13.6. The molecule has 0 bridgehead atoms. The van der Waals surface area contributed by atoms with Gasteiger partial charge in [0.2, 0.25) is 5.91 Å². The number of ether oxygens (including phenoxy) is 3. The monoisotopic (exact) mass is 539 g/mol. The van der Waals surface area contributed by atoms with Crippen molar-refractivity contribution in [2.75, 3.05) is 46.3 Å². The molecule has 3 rings (SSSR count). The van der Waals surface area contributed by atoms with Crippen molar-refractivity contribution in [3.63, 3.8) is 0 Å². The summed E-state index contributed by atoms with van der Waals surface area (Å²) in [6, 6.07) is 16.8. The number of hydrogen-bond donors (Lipinski definition) is 1. The molecule has 0 atom stereocenters. The van der Waals surface area contributed by atoms with Gasteiger partial charge in [0.15, 0.2) is 11.5 Å². The Morgan fingerprint density at radius 3 is 2.26 bits per heavy atom. The number of aryl methyl sites for hydroxylation is 1. The number of nitrogens with zero attached hydrogens (tertiary/aromatic N) is 2. The number of rotatable bonds is 13. The number of carbonyl (C=O) groups excluding carboxylic acids is 2. The van der Waals surface area contributed by atoms with E-state index in [1.807, 2.05) is 42.2 Å². The predicted octanol–water partition coefficient (Wildman–Crippen LogP) is 5.60. The molecule has 0 radical (unpaired) electrons. The van der Waals surface area contributed by atoms with E-state index in [1.54, 1.807) is 49.7 Å². The van der Waals surface area contributed by atoms with Gasteiger partial charge in [0.25, 0.3) is 0 Å². The van der Waals surface area contributed by atoms with Crippen LogP contribution in [0, 0.1) is 6.92 Å². The van der Waals surface area contributed by atoms with Crippen molar-refractivity contribution < 1.29 is 23.8 Å². The van der Waals surface area contributed by atoms with Crippen LogP contribution in [0.15, 0.2) is 54.6 Å². The molecule has 1 heterocycles. The van der Waals surface area contributed by atoms with Crippen LogP contribution in [0.25, 0.3) is 0 Å². The summed E-state index contributed by atoms with van der Waals surface area (Å²) in [6.07, 6.45) is 1.36. The predicted molar refractivity (Wildman–Crippen MR) is 152 cm³/mol. The first-order valence-electron chi connectivity index (χ1n) is 12.6. The molecule has 1 N–H and O–H groups in total. The Hall–Kier alpha value is -3.72. The second kappa shape index (κ2) is 14.3. The minimum Gasteiger partial charge on any atom is -0.495 e. The van der Waals surface area contributed by atoms with E-state index in [-0.39, 0.29) is 18.5 Å². The minimum absolute atomic E-state index is 0.0227. The van der Waals surface area contributed by atoms with E-state index < -0.39 is 0 Å². The third-order valence-corrected chi connectivity index (χ3v) is 7.05. The Balaban J connectivity index is 1.75. The molecular weight excluding hydrogens is 502 g/mol. The van der Waals surface area contributed by atoms with Gasteiger partial charge < -0.3 is 29.3 Å². The SMILES string of the molecule is CCCN(CC(=O)N(CCc1ccc(OC)c(OC)c1)Cc1ccc(C)s1)C(=O)Nc1ccccc1OC. The first-order valence-corrected chi connectivity index (χ1v) is 13.4. The second-order valence-corrected chi connectivity index (χ2v) is 10.2. The number of nitrogens with one attached hydrogen (secondary N) is 1. The van der Waals surface area contributed by atoms with Crippen molar-refractivity contribution in [3.05, 3.63) is 69.9 Å². The van der Waals surface area contributed by atoms with Crippen LogP contribution < -0.4 is 19.5 Å². The Morgan fingerprint density at radius 2 is 1.61 bits per heavy atom. The molecule has 38 heavy (non-hydrogen) atoms. The lowest BCUT2D eigenvalue weighted by Crippen LogP contribution is -2.45. The average molecular weight is 540 g/mol. The number of benzene rings is 2. The number of hydrogen-bond acceptors (Lipinski definition) is 6.